The molecule has 24 rings (SSSR count). The highest BCUT2D eigenvalue weighted by Gasteiger charge is 2.71. The molecule has 0 aromatic carbocycles. The maximum absolute atomic E-state index is 12.5. The molecule has 0 amide bonds. The van der Waals surface area contributed by atoms with Gasteiger partial charge < -0.3 is 40.1 Å². The maximum Gasteiger partial charge on any atom is 0.312 e. The van der Waals surface area contributed by atoms with E-state index in [0.29, 0.717) is 67.1 Å². The van der Waals surface area contributed by atoms with Gasteiger partial charge in [0.25, 0.3) is 0 Å². The SMILES string of the molecule is CC1C(C)C2CC1C1C3CCC(C3)C21.CC1C2CC(C(=O)O)C(C2)C1C.CC1C2CC(O)C(C2)C1C.CC1C2CCC(C2)C1C.CC1CC2CC1C(C)C2C.CC1CC2CC1C1C3CC(C(C)C3C)C21.CCC(C)(C)C(=O)OC1(C)C2CC3CC1CC(O)(C3)C2.CCC(C)(C)C(=O)OC12CC3(O)CC(O)(CC(O)(C3)C1)C2. The molecule has 24 saturated carbocycles. The van der Waals surface area contributed by atoms with Crippen molar-refractivity contribution in [3.8, 4) is 0 Å². The predicted molar refractivity (Wildman–Crippen MR) is 442 cm³/mol. The summed E-state index contributed by atoms with van der Waals surface area (Å²) >= 11 is 0. The van der Waals surface area contributed by atoms with Crippen molar-refractivity contribution >= 4 is 17.9 Å². The number of esters is 2. The molecule has 38 unspecified atom stereocenters. The first-order valence-electron chi connectivity index (χ1n) is 48.1. The van der Waals surface area contributed by atoms with E-state index in [1.807, 2.05) is 41.5 Å². The van der Waals surface area contributed by atoms with Crippen LogP contribution in [-0.2, 0) is 23.9 Å². The predicted octanol–water partition coefficient (Wildman–Crippen LogP) is 21.2. The molecular weight excluding hydrogens is 1380 g/mol. The van der Waals surface area contributed by atoms with Crippen LogP contribution in [0.4, 0.5) is 0 Å². The Morgan fingerprint density at radius 3 is 1.10 bits per heavy atom. The number of aliphatic carboxylic acids is 1. The van der Waals surface area contributed by atoms with Gasteiger partial charge >= 0.3 is 17.9 Å². The van der Waals surface area contributed by atoms with Crippen LogP contribution in [0.15, 0.2) is 0 Å². The van der Waals surface area contributed by atoms with Crippen LogP contribution in [-0.4, -0.2) is 88.3 Å². The quantitative estimate of drug-likeness (QED) is 0.105. The largest absolute Gasteiger partial charge is 0.481 e. The zero-order chi connectivity index (χ0) is 80.2. The Balaban J connectivity index is 0.000000102. The van der Waals surface area contributed by atoms with Crippen molar-refractivity contribution in [3.05, 3.63) is 0 Å². The van der Waals surface area contributed by atoms with Crippen molar-refractivity contribution < 1.29 is 54.5 Å². The number of carbonyl (C=O) groups excluding carboxylic acids is 2. The number of carbonyl (C=O) groups is 3. The first kappa shape index (κ1) is 84.2. The van der Waals surface area contributed by atoms with Gasteiger partial charge in [-0.1, -0.05) is 111 Å². The summed E-state index contributed by atoms with van der Waals surface area (Å²) in [7, 11) is 0. The summed E-state index contributed by atoms with van der Waals surface area (Å²) in [6.45, 7) is 47.7. The topological polar surface area (TPSA) is 191 Å². The molecule has 11 nitrogen and oxygen atoms in total. The molecule has 0 aromatic rings. The lowest BCUT2D eigenvalue weighted by Crippen LogP contribution is -2.72. The van der Waals surface area contributed by atoms with Gasteiger partial charge in [-0.15, -0.1) is 0 Å². The van der Waals surface area contributed by atoms with Crippen LogP contribution >= 0.6 is 0 Å². The molecule has 0 spiro atoms. The lowest BCUT2D eigenvalue weighted by molar-refractivity contribution is -0.302. The molecule has 0 aromatic heterocycles. The van der Waals surface area contributed by atoms with Gasteiger partial charge in [0.1, 0.15) is 11.2 Å². The molecule has 6 N–H and O–H groups in total. The second-order valence-electron chi connectivity index (χ2n) is 48.4. The third kappa shape index (κ3) is 14.8. The van der Waals surface area contributed by atoms with Crippen molar-refractivity contribution in [3.63, 3.8) is 0 Å². The summed E-state index contributed by atoms with van der Waals surface area (Å²) in [6, 6.07) is 0. The van der Waals surface area contributed by atoms with Crippen molar-refractivity contribution in [2.45, 2.75) is 371 Å². The van der Waals surface area contributed by atoms with E-state index in [9.17, 15) is 39.9 Å². The van der Waals surface area contributed by atoms with Crippen molar-refractivity contribution in [2.24, 2.45) is 236 Å². The van der Waals surface area contributed by atoms with Gasteiger partial charge in [0.15, 0.2) is 0 Å². The van der Waals surface area contributed by atoms with Crippen LogP contribution in [0.3, 0.4) is 0 Å². The molecule has 11 heteroatoms. The minimum Gasteiger partial charge on any atom is -0.481 e. The molecule has 0 heterocycles. The first-order valence-corrected chi connectivity index (χ1v) is 48.1. The van der Waals surface area contributed by atoms with Crippen LogP contribution in [0.1, 0.15) is 332 Å². The fourth-order valence-electron chi connectivity index (χ4n) is 34.8. The molecule has 0 saturated heterocycles. The van der Waals surface area contributed by atoms with Crippen LogP contribution in [0, 0.1) is 236 Å². The molecule has 38 atom stereocenters. The van der Waals surface area contributed by atoms with Gasteiger partial charge in [-0.05, 0) is 389 Å². The number of ether oxygens (including phenoxy) is 2. The lowest BCUT2D eigenvalue weighted by Gasteiger charge is -2.65. The lowest BCUT2D eigenvalue weighted by atomic mass is 9.48. The van der Waals surface area contributed by atoms with E-state index < -0.39 is 44.8 Å². The Morgan fingerprint density at radius 1 is 0.351 bits per heavy atom. The number of carboxylic acids is 1. The minimum atomic E-state index is -1.13. The highest BCUT2D eigenvalue weighted by atomic mass is 16.6. The average Bonchev–Trinajstić information content (AvgIpc) is 1.60. The second-order valence-corrected chi connectivity index (χ2v) is 48.4. The second kappa shape index (κ2) is 30.1. The third-order valence-corrected chi connectivity index (χ3v) is 42.3. The number of hydrogen-bond donors (Lipinski definition) is 6. The smallest absolute Gasteiger partial charge is 0.312 e. The Kier molecular flexibility index (Phi) is 22.9. The van der Waals surface area contributed by atoms with Crippen molar-refractivity contribution in [1.82, 2.24) is 0 Å². The van der Waals surface area contributed by atoms with Gasteiger partial charge in [0.05, 0.1) is 45.3 Å². The standard InChI is InChI=1S/C17H28O3.C16H26O5.C15H24.C14H22.C10H16O2.C10H18.C9H16O.C9H16/c1-5-15(2,3)14(18)20-16(4)12-6-11-7-13(16)10-17(19,8-11)9-12;1-4-12(2,3)11(17)21-16-8-13(18)5-14(19,9-16)7-15(20,6-13)10-16;1-7-4-10-5-11(7)15-13-6-12(14(10)15)8(2)9(13)3;1-7-8(2)12-6-11(7)13-9-3-4-10(5-9)14(12)13;1-5-6(2)8-3-7(5)4-9(8)10(11)12;1-6-4-9-5-10(6)8(3)7(9)2;1-5-6(2)8-3-7(5)4-9(8)10;1-6-7(2)9-4-3-8(6)5-9/h11-13,19H,5-10H2,1-4H3;18-20H,4-10H2,1-3H3;7-15H,4-6H2,1-3H3;7-14H,3-6H2,1-2H3;5-9H,3-4H2,1-2H3,(H,11,12);6-10H,4-5H2,1-3H3;5-10H,3-4H2,1-2H3;6-9H,3-5H2,1-2H3. The van der Waals surface area contributed by atoms with Crippen LogP contribution in [0.2, 0.25) is 0 Å². The number of rotatable bonds is 7. The number of fused-ring (bicyclic) bond motifs is 26. The van der Waals surface area contributed by atoms with E-state index in [-0.39, 0.29) is 48.8 Å². The number of carboxylic acid groups (broad SMARTS) is 1. The Morgan fingerprint density at radius 2 is 0.712 bits per heavy atom. The van der Waals surface area contributed by atoms with Gasteiger partial charge in [0.2, 0.25) is 0 Å². The summed E-state index contributed by atoms with van der Waals surface area (Å²) in [5.41, 5.74) is -6.16. The third-order valence-electron chi connectivity index (χ3n) is 42.3. The van der Waals surface area contributed by atoms with Crippen molar-refractivity contribution in [2.75, 3.05) is 0 Å². The van der Waals surface area contributed by atoms with E-state index >= 15 is 0 Å². The zero-order valence-corrected chi connectivity index (χ0v) is 74.2. The maximum atomic E-state index is 12.5. The van der Waals surface area contributed by atoms with E-state index in [0.717, 1.165) is 193 Å². The first-order chi connectivity index (χ1) is 51.9. The molecule has 24 aliphatic rings. The minimum absolute atomic E-state index is 0.0267. The summed E-state index contributed by atoms with van der Waals surface area (Å²) in [4.78, 5) is 35.8. The number of aliphatic hydroxyl groups is 5. The molecule has 24 fully saturated rings. The molecule has 24 aliphatic carbocycles. The average molecular weight is 1540 g/mol. The Hall–Kier alpha value is -1.79. The van der Waals surface area contributed by atoms with Crippen LogP contribution in [0.25, 0.3) is 0 Å². The molecule has 24 bridgehead atoms. The summed E-state index contributed by atoms with van der Waals surface area (Å²) in [5.74, 6) is 34.9. The fourth-order valence-corrected chi connectivity index (χ4v) is 34.8. The van der Waals surface area contributed by atoms with Crippen molar-refractivity contribution in [1.29, 1.82) is 0 Å². The monoisotopic (exact) mass is 1540 g/mol. The molecule has 0 radical (unpaired) electrons. The van der Waals surface area contributed by atoms with E-state index in [1.165, 1.54) is 67.6 Å². The highest BCUT2D eigenvalue weighted by Crippen LogP contribution is 2.73. The van der Waals surface area contributed by atoms with Gasteiger partial charge in [-0.2, -0.15) is 0 Å². The van der Waals surface area contributed by atoms with Crippen LogP contribution < -0.4 is 0 Å². The van der Waals surface area contributed by atoms with Crippen LogP contribution in [0.5, 0.6) is 0 Å². The highest BCUT2D eigenvalue weighted by molar-refractivity contribution is 5.77. The Bertz CT molecular complexity index is 3180. The molecule has 111 heavy (non-hydrogen) atoms. The van der Waals surface area contributed by atoms with Gasteiger partial charge in [-0.3, -0.25) is 14.4 Å². The number of hydrogen-bond acceptors (Lipinski definition) is 10. The number of aliphatic hydroxyl groups excluding tert-OH is 1. The Labute approximate surface area is 675 Å². The molecule has 0 aliphatic heterocycles. The van der Waals surface area contributed by atoms with E-state index in [2.05, 4.69) is 104 Å². The molecular formula is C100H166O11. The fraction of sp³-hybridized carbons (Fsp3) is 0.970. The zero-order valence-electron chi connectivity index (χ0n) is 74.2. The van der Waals surface area contributed by atoms with E-state index in [1.54, 1.807) is 57.8 Å². The summed E-state index contributed by atoms with van der Waals surface area (Å²) < 4.78 is 11.8. The summed E-state index contributed by atoms with van der Waals surface area (Å²) in [5, 5.41) is 61.1. The molecule has 632 valence electrons. The van der Waals surface area contributed by atoms with E-state index in [4.69, 9.17) is 14.6 Å². The summed E-state index contributed by atoms with van der Waals surface area (Å²) in [6.07, 6.45) is 31.5. The van der Waals surface area contributed by atoms with Gasteiger partial charge in [-0.25, -0.2) is 0 Å². The van der Waals surface area contributed by atoms with Gasteiger partial charge in [0, 0.05) is 50.4 Å². The normalized spacial score (nSPS) is 56.6.